The van der Waals surface area contributed by atoms with E-state index in [2.05, 4.69) is 27.0 Å². The molecule has 1 aromatic rings. The molecule has 0 aromatic carbocycles. The zero-order chi connectivity index (χ0) is 21.3. The largest absolute Gasteiger partial charge is 0.450 e. The predicted octanol–water partition coefficient (Wildman–Crippen LogP) is 5.05. The highest BCUT2D eigenvalue weighted by atomic mass is 35.5. The van der Waals surface area contributed by atoms with E-state index >= 15 is 0 Å². The summed E-state index contributed by atoms with van der Waals surface area (Å²) in [5.41, 5.74) is 3.13. The van der Waals surface area contributed by atoms with Crippen molar-refractivity contribution in [2.45, 2.75) is 82.2 Å². The number of halogens is 1. The zero-order valence-corrected chi connectivity index (χ0v) is 19.9. The van der Waals surface area contributed by atoms with Crippen LogP contribution in [0.4, 0.5) is 0 Å². The smallest absolute Gasteiger partial charge is 0.342 e. The van der Waals surface area contributed by atoms with E-state index in [9.17, 15) is 4.79 Å². The van der Waals surface area contributed by atoms with E-state index in [-0.39, 0.29) is 33.4 Å². The minimum atomic E-state index is -0.652. The molecule has 1 saturated heterocycles. The maximum absolute atomic E-state index is 12.9. The predicted molar refractivity (Wildman–Crippen MR) is 118 cm³/mol. The second-order valence-electron chi connectivity index (χ2n) is 10.4. The van der Waals surface area contributed by atoms with Crippen molar-refractivity contribution in [1.82, 2.24) is 4.98 Å². The van der Waals surface area contributed by atoms with Crippen LogP contribution in [0.3, 0.4) is 0 Å². The number of ether oxygens (including phenoxy) is 2. The molecule has 1 saturated carbocycles. The van der Waals surface area contributed by atoms with Crippen LogP contribution in [0.5, 0.6) is 0 Å². The number of nitrogens with zero attached hydrogens (tertiary/aromatic N) is 1. The van der Waals surface area contributed by atoms with Gasteiger partial charge in [-0.15, -0.1) is 0 Å². The first-order valence-electron chi connectivity index (χ1n) is 11.0. The van der Waals surface area contributed by atoms with Crippen molar-refractivity contribution in [3.05, 3.63) is 27.5 Å². The van der Waals surface area contributed by atoms with Crippen molar-refractivity contribution < 1.29 is 18.5 Å². The third-order valence-corrected chi connectivity index (χ3v) is 10.1. The lowest BCUT2D eigenvalue weighted by atomic mass is 9.59. The first-order valence-corrected chi connectivity index (χ1v) is 12.9. The van der Waals surface area contributed by atoms with Crippen molar-refractivity contribution in [3.8, 4) is 0 Å². The van der Waals surface area contributed by atoms with Crippen LogP contribution >= 0.6 is 11.6 Å². The molecule has 2 aliphatic carbocycles. The maximum atomic E-state index is 12.9. The van der Waals surface area contributed by atoms with Gasteiger partial charge < -0.3 is 9.47 Å². The maximum Gasteiger partial charge on any atom is 0.342 e. The van der Waals surface area contributed by atoms with Crippen LogP contribution < -0.4 is 0 Å². The van der Waals surface area contributed by atoms with Gasteiger partial charge in [0.05, 0.1) is 13.2 Å². The average Bonchev–Trinajstić information content (AvgIpc) is 2.92. The molecule has 2 spiro atoms. The fourth-order valence-corrected chi connectivity index (χ4v) is 6.55. The number of pyridine rings is 1. The Kier molecular flexibility index (Phi) is 4.98. The number of carbonyl (C=O) groups is 1. The summed E-state index contributed by atoms with van der Waals surface area (Å²) in [6.45, 7) is 7.82. The molecule has 2 aliphatic heterocycles. The quantitative estimate of drug-likeness (QED) is 0.357. The monoisotopic (exact) mass is 452 g/mol. The Hall–Kier alpha value is -0.820. The highest BCUT2D eigenvalue weighted by molar-refractivity contribution is 7.93. The molecular weight excluding hydrogens is 422 g/mol. The van der Waals surface area contributed by atoms with Gasteiger partial charge in [0.25, 0.3) is 0 Å². The fourth-order valence-electron chi connectivity index (χ4n) is 5.47. The number of esters is 1. The fraction of sp³-hybridized carbons (Fsp3) is 0.739. The van der Waals surface area contributed by atoms with E-state index in [1.807, 2.05) is 0 Å². The highest BCUT2D eigenvalue weighted by Gasteiger charge is 2.55. The molecule has 0 radical (unpaired) electrons. The Morgan fingerprint density at radius 1 is 1.20 bits per heavy atom. The average molecular weight is 453 g/mol. The van der Waals surface area contributed by atoms with E-state index in [1.54, 1.807) is 0 Å². The molecule has 1 unspecified atom stereocenters. The normalized spacial score (nSPS) is 27.4. The lowest BCUT2D eigenvalue weighted by molar-refractivity contribution is -0.0750. The Morgan fingerprint density at radius 2 is 1.90 bits per heavy atom. The number of fused-ring (bicyclic) bond motifs is 4. The van der Waals surface area contributed by atoms with Gasteiger partial charge in [-0.3, -0.25) is 0 Å². The van der Waals surface area contributed by atoms with E-state index in [1.165, 1.54) is 19.3 Å². The van der Waals surface area contributed by atoms with Crippen LogP contribution in [0.25, 0.3) is 0 Å². The lowest BCUT2D eigenvalue weighted by Crippen LogP contribution is -2.42. The molecule has 4 aliphatic rings. The summed E-state index contributed by atoms with van der Waals surface area (Å²) in [5, 5.41) is 0.290. The number of hydrogen-bond acceptors (Lipinski definition) is 5. The minimum absolute atomic E-state index is 0.0517. The Balaban J connectivity index is 1.67. The molecule has 30 heavy (non-hydrogen) atoms. The van der Waals surface area contributed by atoms with E-state index in [4.69, 9.17) is 30.2 Å². The molecule has 164 valence electrons. The third-order valence-electron chi connectivity index (χ3n) is 7.54. The van der Waals surface area contributed by atoms with Gasteiger partial charge in [-0.2, -0.15) is 4.18 Å². The van der Waals surface area contributed by atoms with E-state index < -0.39 is 5.60 Å². The van der Waals surface area contributed by atoms with Gasteiger partial charge in [-0.05, 0) is 51.9 Å². The van der Waals surface area contributed by atoms with Crippen LogP contribution in [-0.2, 0) is 36.9 Å². The molecule has 2 fully saturated rings. The van der Waals surface area contributed by atoms with Crippen molar-refractivity contribution in [3.63, 3.8) is 0 Å². The number of aromatic nitrogens is 1. The topological polar surface area (TPSA) is 57.6 Å². The summed E-state index contributed by atoms with van der Waals surface area (Å²) in [7, 11) is 0. The zero-order valence-electron chi connectivity index (χ0n) is 18.3. The molecule has 5 rings (SSSR count). The van der Waals surface area contributed by atoms with Crippen molar-refractivity contribution in [2.75, 3.05) is 19.5 Å². The molecular formula is C23H31ClNO4S+. The van der Waals surface area contributed by atoms with Gasteiger partial charge in [0.15, 0.2) is 4.75 Å². The van der Waals surface area contributed by atoms with Gasteiger partial charge >= 0.3 is 5.97 Å². The molecule has 0 N–H and O–H groups in total. The lowest BCUT2D eigenvalue weighted by Gasteiger charge is -2.48. The van der Waals surface area contributed by atoms with Crippen LogP contribution in [0.2, 0.25) is 5.15 Å². The molecule has 0 bridgehead atoms. The van der Waals surface area contributed by atoms with Crippen LogP contribution in [0.1, 0.15) is 92.6 Å². The summed E-state index contributed by atoms with van der Waals surface area (Å²) >= 11 is 6.36. The second kappa shape index (κ2) is 7.09. The molecule has 7 heteroatoms. The highest BCUT2D eigenvalue weighted by Crippen LogP contribution is 2.58. The van der Waals surface area contributed by atoms with E-state index in [0.717, 1.165) is 29.7 Å². The van der Waals surface area contributed by atoms with Crippen molar-refractivity contribution in [1.29, 1.82) is 0 Å². The molecule has 2 atom stereocenters. The Labute approximate surface area is 186 Å². The van der Waals surface area contributed by atoms with Gasteiger partial charge in [-0.1, -0.05) is 18.0 Å². The molecule has 0 amide bonds. The standard InChI is InChI=1S/C23H31ClNO4S/c1-21(2,3)30(4)29-15-13-22(6-5-7-22)12-14-16(15)18-17(19(24)25-14)20(26)28-23(18)8-10-27-11-9-23/h15H,5-13H2,1-4H3/q+1/t15-,30?/m0/s1. The van der Waals surface area contributed by atoms with Gasteiger partial charge in [0, 0.05) is 29.7 Å². The van der Waals surface area contributed by atoms with Crippen LogP contribution in [-0.4, -0.2) is 35.2 Å². The van der Waals surface area contributed by atoms with Gasteiger partial charge in [-0.25, -0.2) is 9.78 Å². The van der Waals surface area contributed by atoms with E-state index in [0.29, 0.717) is 36.8 Å². The molecule has 1 aromatic heterocycles. The summed E-state index contributed by atoms with van der Waals surface area (Å²) in [4.78, 5) is 17.7. The van der Waals surface area contributed by atoms with Gasteiger partial charge in [0.1, 0.15) is 39.9 Å². The summed E-state index contributed by atoms with van der Waals surface area (Å²) in [5.74, 6) is -0.346. The summed E-state index contributed by atoms with van der Waals surface area (Å²) in [6, 6.07) is 0. The van der Waals surface area contributed by atoms with Crippen molar-refractivity contribution in [2.24, 2.45) is 5.41 Å². The number of carbonyl (C=O) groups excluding carboxylic acids is 1. The number of rotatable bonds is 2. The summed E-state index contributed by atoms with van der Waals surface area (Å²) < 4.78 is 18.5. The first-order chi connectivity index (χ1) is 14.1. The second-order valence-corrected chi connectivity index (χ2v) is 13.1. The third kappa shape index (κ3) is 3.21. The first kappa shape index (κ1) is 21.0. The Morgan fingerprint density at radius 3 is 2.50 bits per heavy atom. The molecule has 3 heterocycles. The van der Waals surface area contributed by atoms with Crippen LogP contribution in [0, 0.1) is 5.41 Å². The van der Waals surface area contributed by atoms with Gasteiger partial charge in [0.2, 0.25) is 0 Å². The SMILES string of the molecule is C[S+](O[C@H]1CC2(CCC2)Cc2nc(Cl)c3c(c21)C1(CCOCC1)OC3=O)C(C)(C)C. The summed E-state index contributed by atoms with van der Waals surface area (Å²) in [6.07, 6.45) is 9.02. The minimum Gasteiger partial charge on any atom is -0.450 e. The Bertz CT molecular complexity index is 886. The molecule has 5 nitrogen and oxygen atoms in total. The number of hydrogen-bond donors (Lipinski definition) is 0. The van der Waals surface area contributed by atoms with Crippen LogP contribution in [0.15, 0.2) is 0 Å². The van der Waals surface area contributed by atoms with Crippen molar-refractivity contribution >= 4 is 28.7 Å².